The van der Waals surface area contributed by atoms with Gasteiger partial charge >= 0.3 is 0 Å². The van der Waals surface area contributed by atoms with E-state index in [-0.39, 0.29) is 0 Å². The minimum Gasteiger partial charge on any atom is -0.496 e. The Morgan fingerprint density at radius 1 is 1.36 bits per heavy atom. The largest absolute Gasteiger partial charge is 0.496 e. The first kappa shape index (κ1) is 17.1. The summed E-state index contributed by atoms with van der Waals surface area (Å²) in [6.45, 7) is 7.26. The quantitative estimate of drug-likeness (QED) is 0.749. The third-order valence-electron chi connectivity index (χ3n) is 4.30. The van der Waals surface area contributed by atoms with Gasteiger partial charge in [0.25, 0.3) is 0 Å². The number of hydrogen-bond donors (Lipinski definition) is 0. The second kappa shape index (κ2) is 7.84. The second-order valence-corrected chi connectivity index (χ2v) is 5.92. The predicted molar refractivity (Wildman–Crippen MR) is 91.9 cm³/mol. The van der Waals surface area contributed by atoms with Crippen molar-refractivity contribution in [3.05, 3.63) is 22.7 Å². The lowest BCUT2D eigenvalue weighted by Gasteiger charge is -2.21. The van der Waals surface area contributed by atoms with E-state index in [1.165, 1.54) is 19.4 Å². The number of likely N-dealkylation sites (tertiary alicyclic amines) is 1. The zero-order valence-electron chi connectivity index (χ0n) is 13.9. The molecule has 1 fully saturated rings. The second-order valence-electron chi connectivity index (χ2n) is 5.51. The molecular formula is C17H25ClN2O2. The van der Waals surface area contributed by atoms with Crippen LogP contribution in [0.2, 0.25) is 5.02 Å². The van der Waals surface area contributed by atoms with E-state index >= 15 is 0 Å². The fourth-order valence-electron chi connectivity index (χ4n) is 3.09. The van der Waals surface area contributed by atoms with Crippen LogP contribution in [0.15, 0.2) is 17.1 Å². The molecule has 4 nitrogen and oxygen atoms in total. The van der Waals surface area contributed by atoms with Crippen LogP contribution >= 0.6 is 11.6 Å². The molecule has 0 N–H and O–H groups in total. The highest BCUT2D eigenvalue weighted by Crippen LogP contribution is 2.36. The fraction of sp³-hybridized carbons (Fsp3) is 0.588. The maximum absolute atomic E-state index is 6.23. The average molecular weight is 325 g/mol. The molecule has 1 aliphatic heterocycles. The van der Waals surface area contributed by atoms with E-state index in [0.29, 0.717) is 16.8 Å². The molecule has 1 atom stereocenters. The zero-order chi connectivity index (χ0) is 16.1. The van der Waals surface area contributed by atoms with Crippen molar-refractivity contribution in [2.75, 3.05) is 33.9 Å². The summed E-state index contributed by atoms with van der Waals surface area (Å²) in [4.78, 5) is 7.28. The Labute approximate surface area is 138 Å². The van der Waals surface area contributed by atoms with Crippen molar-refractivity contribution in [2.45, 2.75) is 32.7 Å². The number of rotatable bonds is 6. The molecule has 0 radical (unpaired) electrons. The van der Waals surface area contributed by atoms with Crippen LogP contribution in [0.3, 0.4) is 0 Å². The van der Waals surface area contributed by atoms with Gasteiger partial charge in [0.15, 0.2) is 0 Å². The van der Waals surface area contributed by atoms with Crippen molar-refractivity contribution in [3.8, 4) is 11.5 Å². The van der Waals surface area contributed by atoms with Gasteiger partial charge < -0.3 is 9.47 Å². The SMILES string of the molecule is CCN1CCCC1C/N=C(\C)c1c(OC)ccc(Cl)c1OC. The van der Waals surface area contributed by atoms with Crippen molar-refractivity contribution >= 4 is 17.3 Å². The maximum atomic E-state index is 6.23. The molecule has 1 unspecified atom stereocenters. The lowest BCUT2D eigenvalue weighted by molar-refractivity contribution is 0.273. The maximum Gasteiger partial charge on any atom is 0.150 e. The number of hydrogen-bond acceptors (Lipinski definition) is 4. The molecule has 0 spiro atoms. The molecule has 0 amide bonds. The Balaban J connectivity index is 2.26. The van der Waals surface area contributed by atoms with Crippen molar-refractivity contribution < 1.29 is 9.47 Å². The Bertz CT molecular complexity index is 546. The molecule has 1 saturated heterocycles. The Hall–Kier alpha value is -1.26. The molecule has 5 heteroatoms. The summed E-state index contributed by atoms with van der Waals surface area (Å²) in [6, 6.07) is 4.18. The van der Waals surface area contributed by atoms with Crippen LogP contribution < -0.4 is 9.47 Å². The van der Waals surface area contributed by atoms with Gasteiger partial charge in [0.2, 0.25) is 0 Å². The molecule has 22 heavy (non-hydrogen) atoms. The van der Waals surface area contributed by atoms with Gasteiger partial charge in [-0.25, -0.2) is 0 Å². The van der Waals surface area contributed by atoms with E-state index in [9.17, 15) is 0 Å². The smallest absolute Gasteiger partial charge is 0.150 e. The molecule has 0 saturated carbocycles. The van der Waals surface area contributed by atoms with Gasteiger partial charge in [-0.2, -0.15) is 0 Å². The molecule has 2 rings (SSSR count). The molecule has 1 aromatic carbocycles. The summed E-state index contributed by atoms with van der Waals surface area (Å²) in [5.74, 6) is 1.36. The third kappa shape index (κ3) is 3.55. The summed E-state index contributed by atoms with van der Waals surface area (Å²) in [6.07, 6.45) is 2.48. The first-order chi connectivity index (χ1) is 10.6. The predicted octanol–water partition coefficient (Wildman–Crippen LogP) is 3.65. The van der Waals surface area contributed by atoms with Gasteiger partial charge in [0, 0.05) is 11.8 Å². The molecule has 122 valence electrons. The van der Waals surface area contributed by atoms with Crippen molar-refractivity contribution in [1.82, 2.24) is 4.90 Å². The lowest BCUT2D eigenvalue weighted by atomic mass is 10.1. The van der Waals surface area contributed by atoms with Gasteiger partial charge in [-0.1, -0.05) is 18.5 Å². The molecule has 0 aromatic heterocycles. The number of methoxy groups -OCH3 is 2. The van der Waals surface area contributed by atoms with Crippen LogP contribution in [0.5, 0.6) is 11.5 Å². The molecule has 1 heterocycles. The molecule has 1 aromatic rings. The van der Waals surface area contributed by atoms with Crippen molar-refractivity contribution in [2.24, 2.45) is 4.99 Å². The minimum atomic E-state index is 0.538. The van der Waals surface area contributed by atoms with Gasteiger partial charge in [-0.15, -0.1) is 0 Å². The topological polar surface area (TPSA) is 34.1 Å². The van der Waals surface area contributed by atoms with Gasteiger partial charge in [-0.05, 0) is 45.0 Å². The van der Waals surface area contributed by atoms with Crippen LogP contribution in [0, 0.1) is 0 Å². The van der Waals surface area contributed by atoms with E-state index in [2.05, 4.69) is 11.8 Å². The number of halogens is 1. The van der Waals surface area contributed by atoms with E-state index in [0.717, 1.165) is 30.1 Å². The summed E-state index contributed by atoms with van der Waals surface area (Å²) >= 11 is 6.23. The molecule has 0 bridgehead atoms. The lowest BCUT2D eigenvalue weighted by Crippen LogP contribution is -2.31. The van der Waals surface area contributed by atoms with Crippen LogP contribution in [0.25, 0.3) is 0 Å². The van der Waals surface area contributed by atoms with Crippen LogP contribution in [-0.4, -0.2) is 50.5 Å². The van der Waals surface area contributed by atoms with Crippen molar-refractivity contribution in [3.63, 3.8) is 0 Å². The van der Waals surface area contributed by atoms with Gasteiger partial charge in [0.05, 0.1) is 31.4 Å². The normalized spacial score (nSPS) is 19.5. The molecular weight excluding hydrogens is 300 g/mol. The van der Waals surface area contributed by atoms with Gasteiger partial charge in [-0.3, -0.25) is 9.89 Å². The highest BCUT2D eigenvalue weighted by molar-refractivity contribution is 6.33. The summed E-state index contributed by atoms with van der Waals surface area (Å²) in [7, 11) is 3.27. The number of benzene rings is 1. The standard InChI is InChI=1S/C17H25ClN2O2/c1-5-20-10-6-7-13(20)11-19-12(2)16-15(21-3)9-8-14(18)17(16)22-4/h8-9,13H,5-7,10-11H2,1-4H3/b19-12+. The number of likely N-dealkylation sites (N-methyl/N-ethyl adjacent to an activating group) is 1. The third-order valence-corrected chi connectivity index (χ3v) is 4.60. The zero-order valence-corrected chi connectivity index (χ0v) is 14.6. The Morgan fingerprint density at radius 3 is 2.77 bits per heavy atom. The molecule has 1 aliphatic rings. The Kier molecular flexibility index (Phi) is 6.09. The monoisotopic (exact) mass is 324 g/mol. The number of nitrogens with zero attached hydrogens (tertiary/aromatic N) is 2. The number of aliphatic imine (C=N–C) groups is 1. The first-order valence-electron chi connectivity index (χ1n) is 7.78. The van der Waals surface area contributed by atoms with E-state index in [1.54, 1.807) is 20.3 Å². The molecule has 0 aliphatic carbocycles. The highest BCUT2D eigenvalue weighted by atomic mass is 35.5. The van der Waals surface area contributed by atoms with E-state index in [4.69, 9.17) is 26.1 Å². The van der Waals surface area contributed by atoms with Gasteiger partial charge in [0.1, 0.15) is 11.5 Å². The Morgan fingerprint density at radius 2 is 2.14 bits per heavy atom. The van der Waals surface area contributed by atoms with E-state index < -0.39 is 0 Å². The summed E-state index contributed by atoms with van der Waals surface area (Å²) in [5.41, 5.74) is 1.75. The summed E-state index contributed by atoms with van der Waals surface area (Å²) < 4.78 is 10.9. The fourth-order valence-corrected chi connectivity index (χ4v) is 3.33. The van der Waals surface area contributed by atoms with Crippen LogP contribution in [0.1, 0.15) is 32.3 Å². The van der Waals surface area contributed by atoms with Crippen molar-refractivity contribution in [1.29, 1.82) is 0 Å². The summed E-state index contributed by atoms with van der Waals surface area (Å²) in [5, 5.41) is 0.573. The minimum absolute atomic E-state index is 0.538. The average Bonchev–Trinajstić information content (AvgIpc) is 2.99. The van der Waals surface area contributed by atoms with Crippen LogP contribution in [0.4, 0.5) is 0 Å². The highest BCUT2D eigenvalue weighted by Gasteiger charge is 2.23. The first-order valence-corrected chi connectivity index (χ1v) is 8.16. The van der Waals surface area contributed by atoms with Crippen LogP contribution in [-0.2, 0) is 0 Å². The number of ether oxygens (including phenoxy) is 2. The van der Waals surface area contributed by atoms with E-state index in [1.807, 2.05) is 13.0 Å².